The van der Waals surface area contributed by atoms with Crippen LogP contribution in [0.4, 0.5) is 11.4 Å². The Morgan fingerprint density at radius 3 is 2.67 bits per heavy atom. The molecule has 0 radical (unpaired) electrons. The van der Waals surface area contributed by atoms with Crippen molar-refractivity contribution in [2.45, 2.75) is 6.42 Å². The maximum atomic E-state index is 12.4. The molecular formula is C21H21N3O3. The average Bonchev–Trinajstić information content (AvgIpc) is 3.18. The highest BCUT2D eigenvalue weighted by Crippen LogP contribution is 2.22. The van der Waals surface area contributed by atoms with E-state index in [1.807, 2.05) is 54.6 Å². The Balaban J connectivity index is 1.39. The lowest BCUT2D eigenvalue weighted by Crippen LogP contribution is -2.36. The van der Waals surface area contributed by atoms with Crippen molar-refractivity contribution in [3.63, 3.8) is 0 Å². The van der Waals surface area contributed by atoms with Crippen LogP contribution in [0.3, 0.4) is 0 Å². The van der Waals surface area contributed by atoms with E-state index < -0.39 is 0 Å². The summed E-state index contributed by atoms with van der Waals surface area (Å²) in [6, 6.07) is 19.4. The summed E-state index contributed by atoms with van der Waals surface area (Å²) >= 11 is 0. The van der Waals surface area contributed by atoms with Gasteiger partial charge in [0.05, 0.1) is 25.3 Å². The molecule has 1 fully saturated rings. The zero-order valence-corrected chi connectivity index (χ0v) is 14.9. The minimum Gasteiger partial charge on any atom is -0.378 e. The summed E-state index contributed by atoms with van der Waals surface area (Å²) in [6.45, 7) is 3.18. The number of anilines is 2. The van der Waals surface area contributed by atoms with E-state index in [0.717, 1.165) is 43.2 Å². The van der Waals surface area contributed by atoms with Crippen LogP contribution in [0.1, 0.15) is 5.69 Å². The number of hydrogen-bond donors (Lipinski definition) is 1. The van der Waals surface area contributed by atoms with Gasteiger partial charge in [0.25, 0.3) is 0 Å². The van der Waals surface area contributed by atoms with E-state index in [1.54, 1.807) is 6.07 Å². The number of aromatic nitrogens is 1. The van der Waals surface area contributed by atoms with Crippen molar-refractivity contribution in [2.24, 2.45) is 0 Å². The van der Waals surface area contributed by atoms with Crippen LogP contribution >= 0.6 is 0 Å². The van der Waals surface area contributed by atoms with Crippen molar-refractivity contribution >= 4 is 17.3 Å². The van der Waals surface area contributed by atoms with Gasteiger partial charge in [-0.3, -0.25) is 4.79 Å². The molecule has 6 heteroatoms. The minimum absolute atomic E-state index is 0.123. The van der Waals surface area contributed by atoms with Gasteiger partial charge in [-0.15, -0.1) is 0 Å². The number of benzene rings is 2. The molecule has 1 aromatic heterocycles. The Bertz CT molecular complexity index is 902. The molecule has 138 valence electrons. The quantitative estimate of drug-likeness (QED) is 0.753. The summed E-state index contributed by atoms with van der Waals surface area (Å²) < 4.78 is 10.7. The highest BCUT2D eigenvalue weighted by atomic mass is 16.5. The molecule has 0 atom stereocenters. The minimum atomic E-state index is -0.123. The van der Waals surface area contributed by atoms with E-state index in [4.69, 9.17) is 9.26 Å². The second kappa shape index (κ2) is 8.05. The number of carbonyl (C=O) groups is 1. The molecule has 0 spiro atoms. The molecule has 1 aliphatic rings. The van der Waals surface area contributed by atoms with E-state index in [2.05, 4.69) is 15.4 Å². The van der Waals surface area contributed by atoms with Gasteiger partial charge in [0.2, 0.25) is 5.91 Å². The molecule has 0 bridgehead atoms. The number of amides is 1. The fourth-order valence-corrected chi connectivity index (χ4v) is 3.11. The normalized spacial score (nSPS) is 14.1. The fourth-order valence-electron chi connectivity index (χ4n) is 3.11. The molecule has 0 unspecified atom stereocenters. The van der Waals surface area contributed by atoms with Crippen LogP contribution in [-0.4, -0.2) is 37.4 Å². The molecule has 4 rings (SSSR count). The van der Waals surface area contributed by atoms with Gasteiger partial charge in [0.15, 0.2) is 5.76 Å². The van der Waals surface area contributed by atoms with Crippen molar-refractivity contribution in [3.05, 3.63) is 66.4 Å². The number of carbonyl (C=O) groups excluding carboxylic acids is 1. The summed E-state index contributed by atoms with van der Waals surface area (Å²) in [5.74, 6) is 0.537. The number of morpholine rings is 1. The summed E-state index contributed by atoms with van der Waals surface area (Å²) in [5.41, 5.74) is 3.41. The largest absolute Gasteiger partial charge is 0.378 e. The van der Waals surface area contributed by atoms with Gasteiger partial charge in [-0.25, -0.2) is 0 Å². The molecule has 27 heavy (non-hydrogen) atoms. The molecule has 1 amide bonds. The monoisotopic (exact) mass is 363 g/mol. The second-order valence-corrected chi connectivity index (χ2v) is 6.42. The van der Waals surface area contributed by atoms with Gasteiger partial charge in [-0.2, -0.15) is 0 Å². The van der Waals surface area contributed by atoms with Crippen molar-refractivity contribution in [2.75, 3.05) is 36.5 Å². The number of nitrogens with zero attached hydrogens (tertiary/aromatic N) is 2. The molecule has 2 aromatic carbocycles. The zero-order chi connectivity index (χ0) is 18.5. The van der Waals surface area contributed by atoms with Crippen LogP contribution in [0, 0.1) is 0 Å². The first kappa shape index (κ1) is 17.3. The predicted octanol–water partition coefficient (Wildman–Crippen LogP) is 3.36. The van der Waals surface area contributed by atoms with Crippen LogP contribution in [0.2, 0.25) is 0 Å². The van der Waals surface area contributed by atoms with E-state index in [0.29, 0.717) is 11.5 Å². The third-order valence-corrected chi connectivity index (χ3v) is 4.47. The molecule has 0 aliphatic carbocycles. The van der Waals surface area contributed by atoms with Gasteiger partial charge in [-0.05, 0) is 18.2 Å². The second-order valence-electron chi connectivity index (χ2n) is 6.42. The van der Waals surface area contributed by atoms with E-state index in [1.165, 1.54) is 0 Å². The first-order valence-corrected chi connectivity index (χ1v) is 9.01. The number of nitrogens with one attached hydrogen (secondary N) is 1. The van der Waals surface area contributed by atoms with Crippen LogP contribution in [0.15, 0.2) is 65.2 Å². The van der Waals surface area contributed by atoms with E-state index in [9.17, 15) is 4.79 Å². The molecule has 1 saturated heterocycles. The Kier molecular flexibility index (Phi) is 5.16. The van der Waals surface area contributed by atoms with Crippen molar-refractivity contribution in [1.82, 2.24) is 5.16 Å². The maximum absolute atomic E-state index is 12.4. The van der Waals surface area contributed by atoms with Gasteiger partial charge >= 0.3 is 0 Å². The van der Waals surface area contributed by atoms with Crippen LogP contribution in [0.5, 0.6) is 0 Å². The topological polar surface area (TPSA) is 67.6 Å². The molecule has 2 heterocycles. The lowest BCUT2D eigenvalue weighted by Gasteiger charge is -2.29. The summed E-state index contributed by atoms with van der Waals surface area (Å²) in [4.78, 5) is 14.6. The van der Waals surface area contributed by atoms with Crippen molar-refractivity contribution in [3.8, 4) is 11.3 Å². The summed E-state index contributed by atoms with van der Waals surface area (Å²) in [5, 5.41) is 6.95. The lowest BCUT2D eigenvalue weighted by molar-refractivity contribution is -0.115. The highest BCUT2D eigenvalue weighted by Gasteiger charge is 2.13. The number of rotatable bonds is 5. The molecule has 1 N–H and O–H groups in total. The molecule has 1 aliphatic heterocycles. The standard InChI is InChI=1S/C21H21N3O3/c25-21(15-18-14-20(27-23-18)16-5-2-1-3-6-16)22-17-7-4-8-19(13-17)24-9-11-26-12-10-24/h1-8,13-14H,9-12,15H2,(H,22,25). The van der Waals surface area contributed by atoms with Crippen LogP contribution in [-0.2, 0) is 16.0 Å². The Morgan fingerprint density at radius 2 is 1.85 bits per heavy atom. The maximum Gasteiger partial charge on any atom is 0.230 e. The van der Waals surface area contributed by atoms with E-state index in [-0.39, 0.29) is 12.3 Å². The van der Waals surface area contributed by atoms with Crippen molar-refractivity contribution in [1.29, 1.82) is 0 Å². The SMILES string of the molecule is O=C(Cc1cc(-c2ccccc2)on1)Nc1cccc(N2CCOCC2)c1. The Hall–Kier alpha value is -3.12. The third kappa shape index (κ3) is 4.35. The first-order valence-electron chi connectivity index (χ1n) is 9.01. The molecular weight excluding hydrogens is 342 g/mol. The molecule has 0 saturated carbocycles. The highest BCUT2D eigenvalue weighted by molar-refractivity contribution is 5.92. The first-order chi connectivity index (χ1) is 13.3. The lowest BCUT2D eigenvalue weighted by atomic mass is 10.1. The summed E-state index contributed by atoms with van der Waals surface area (Å²) in [6.07, 6.45) is 0.165. The summed E-state index contributed by atoms with van der Waals surface area (Å²) in [7, 11) is 0. The van der Waals surface area contributed by atoms with Crippen LogP contribution in [0.25, 0.3) is 11.3 Å². The molecule has 6 nitrogen and oxygen atoms in total. The van der Waals surface area contributed by atoms with Gasteiger partial charge in [-0.1, -0.05) is 41.6 Å². The average molecular weight is 363 g/mol. The number of ether oxygens (including phenoxy) is 1. The van der Waals surface area contributed by atoms with Crippen molar-refractivity contribution < 1.29 is 14.1 Å². The zero-order valence-electron chi connectivity index (χ0n) is 14.9. The fraction of sp³-hybridized carbons (Fsp3) is 0.238. The molecule has 3 aromatic rings. The Labute approximate surface area is 157 Å². The number of hydrogen-bond acceptors (Lipinski definition) is 5. The Morgan fingerprint density at radius 1 is 1.04 bits per heavy atom. The van der Waals surface area contributed by atoms with Crippen LogP contribution < -0.4 is 10.2 Å². The van der Waals surface area contributed by atoms with Gasteiger partial charge < -0.3 is 19.5 Å². The van der Waals surface area contributed by atoms with E-state index >= 15 is 0 Å². The predicted molar refractivity (Wildman–Crippen MR) is 104 cm³/mol. The third-order valence-electron chi connectivity index (χ3n) is 4.47. The smallest absolute Gasteiger partial charge is 0.230 e. The van der Waals surface area contributed by atoms with Gasteiger partial charge in [0.1, 0.15) is 0 Å². The van der Waals surface area contributed by atoms with Gasteiger partial charge in [0, 0.05) is 36.1 Å².